The minimum absolute atomic E-state index is 0.151. The molecule has 0 aromatic rings. The average Bonchev–Trinajstić information content (AvgIpc) is 2.71. The summed E-state index contributed by atoms with van der Waals surface area (Å²) >= 11 is 0. The highest BCUT2D eigenvalue weighted by atomic mass is 19.1. The summed E-state index contributed by atoms with van der Waals surface area (Å²) in [5.74, 6) is -0.473. The van der Waals surface area contributed by atoms with Crippen LogP contribution in [0.3, 0.4) is 0 Å². The first-order chi connectivity index (χ1) is 14.4. The number of halogens is 1. The highest BCUT2D eigenvalue weighted by molar-refractivity contribution is 6.00. The van der Waals surface area contributed by atoms with E-state index in [1.165, 1.54) is 0 Å². The number of alkyl halides is 1. The molecule has 0 aromatic carbocycles. The predicted molar refractivity (Wildman–Crippen MR) is 111 cm³/mol. The molecule has 3 aliphatic heterocycles. The molecule has 3 unspecified atom stereocenters. The molecule has 3 fully saturated rings. The molecule has 4 rings (SSSR count). The number of β-amino-alcohol motifs (C(OH)–C–C–N with tert-alkyl or cyclic N) is 1. The van der Waals surface area contributed by atoms with Gasteiger partial charge in [0.05, 0.1) is 5.60 Å². The van der Waals surface area contributed by atoms with Crippen LogP contribution in [0.4, 0.5) is 4.39 Å². The third-order valence-electron chi connectivity index (χ3n) is 7.01. The third kappa shape index (κ3) is 5.10. The largest absolute Gasteiger partial charge is 0.388 e. The Hall–Kier alpha value is -1.77. The number of carbonyl (C=O) groups excluding carboxylic acids is 2. The summed E-state index contributed by atoms with van der Waals surface area (Å²) in [6.07, 6.45) is 8.43. The summed E-state index contributed by atoms with van der Waals surface area (Å²) in [4.78, 5) is 25.5. The van der Waals surface area contributed by atoms with Gasteiger partial charge < -0.3 is 20.6 Å². The van der Waals surface area contributed by atoms with Gasteiger partial charge in [-0.1, -0.05) is 6.08 Å². The summed E-state index contributed by atoms with van der Waals surface area (Å²) in [7, 11) is 0. The van der Waals surface area contributed by atoms with Crippen molar-refractivity contribution in [3.05, 3.63) is 23.9 Å². The Morgan fingerprint density at radius 1 is 1.20 bits per heavy atom. The summed E-state index contributed by atoms with van der Waals surface area (Å²) in [6.45, 7) is 4.22. The van der Waals surface area contributed by atoms with Crippen LogP contribution in [-0.2, 0) is 9.59 Å². The number of hydrogen-bond acceptors (Lipinski definition) is 6. The number of aliphatic hydroxyl groups is 1. The fraction of sp³-hybridized carbons (Fsp3) is 0.727. The molecule has 0 bridgehead atoms. The number of imide groups is 1. The molecule has 1 aliphatic carbocycles. The van der Waals surface area contributed by atoms with E-state index < -0.39 is 17.8 Å². The quantitative estimate of drug-likeness (QED) is 0.487. The van der Waals surface area contributed by atoms with Gasteiger partial charge in [-0.25, -0.2) is 4.39 Å². The van der Waals surface area contributed by atoms with Crippen molar-refractivity contribution in [3.8, 4) is 0 Å². The molecule has 7 nitrogen and oxygen atoms in total. The van der Waals surface area contributed by atoms with E-state index in [0.29, 0.717) is 25.1 Å². The summed E-state index contributed by atoms with van der Waals surface area (Å²) in [5, 5.41) is 19.4. The summed E-state index contributed by atoms with van der Waals surface area (Å²) < 4.78 is 14.9. The zero-order valence-corrected chi connectivity index (χ0v) is 17.4. The molecule has 166 valence electrons. The van der Waals surface area contributed by atoms with Crippen LogP contribution in [0.1, 0.15) is 38.5 Å². The topological polar surface area (TPSA) is 93.7 Å². The van der Waals surface area contributed by atoms with Crippen LogP contribution in [-0.4, -0.2) is 72.4 Å². The van der Waals surface area contributed by atoms with Gasteiger partial charge in [-0.15, -0.1) is 0 Å². The standard InChI is InChI=1S/C22H33FN4O3/c23-18-13-16(25-19-3-4-20(28)26-21(19)29)1-2-17(18)15-5-11-27(12-6-15)14-22(30)7-9-24-10-8-22/h1-2,13,15,17-19,24-25,30H,3-12,14H2,(H,26,28,29). The minimum Gasteiger partial charge on any atom is -0.388 e. The molecule has 8 heteroatoms. The Labute approximate surface area is 177 Å². The summed E-state index contributed by atoms with van der Waals surface area (Å²) in [5.41, 5.74) is 0.0175. The van der Waals surface area contributed by atoms with E-state index in [1.807, 2.05) is 12.2 Å². The van der Waals surface area contributed by atoms with E-state index in [0.717, 1.165) is 51.9 Å². The van der Waals surface area contributed by atoms with Crippen LogP contribution in [0, 0.1) is 11.8 Å². The van der Waals surface area contributed by atoms with Crippen molar-refractivity contribution in [1.29, 1.82) is 0 Å². The number of nitrogens with one attached hydrogen (secondary N) is 3. The number of carbonyl (C=O) groups is 2. The molecule has 0 aromatic heterocycles. The number of hydrogen-bond donors (Lipinski definition) is 4. The normalized spacial score (nSPS) is 33.1. The number of piperidine rings is 3. The first-order valence-corrected chi connectivity index (χ1v) is 11.2. The molecule has 3 atom stereocenters. The van der Waals surface area contributed by atoms with Crippen molar-refractivity contribution in [1.82, 2.24) is 20.9 Å². The first-order valence-electron chi connectivity index (χ1n) is 11.2. The van der Waals surface area contributed by atoms with Crippen molar-refractivity contribution < 1.29 is 19.1 Å². The molecule has 3 saturated heterocycles. The van der Waals surface area contributed by atoms with Crippen molar-refractivity contribution >= 4 is 11.8 Å². The van der Waals surface area contributed by atoms with E-state index >= 15 is 0 Å². The lowest BCUT2D eigenvalue weighted by Gasteiger charge is -2.41. The zero-order valence-electron chi connectivity index (χ0n) is 17.4. The molecule has 0 radical (unpaired) electrons. The Balaban J connectivity index is 1.26. The highest BCUT2D eigenvalue weighted by Crippen LogP contribution is 2.34. The first kappa shape index (κ1) is 21.5. The van der Waals surface area contributed by atoms with Gasteiger partial charge >= 0.3 is 0 Å². The highest BCUT2D eigenvalue weighted by Gasteiger charge is 2.36. The number of amides is 2. The second-order valence-corrected chi connectivity index (χ2v) is 9.24. The van der Waals surface area contributed by atoms with Crippen molar-refractivity contribution in [2.24, 2.45) is 11.8 Å². The van der Waals surface area contributed by atoms with Crippen LogP contribution in [0.15, 0.2) is 23.9 Å². The van der Waals surface area contributed by atoms with Crippen LogP contribution in [0.5, 0.6) is 0 Å². The lowest BCUT2D eigenvalue weighted by molar-refractivity contribution is -0.134. The van der Waals surface area contributed by atoms with E-state index in [4.69, 9.17) is 0 Å². The Morgan fingerprint density at radius 2 is 1.93 bits per heavy atom. The minimum atomic E-state index is -1.09. The second-order valence-electron chi connectivity index (χ2n) is 9.24. The van der Waals surface area contributed by atoms with Gasteiger partial charge in [0, 0.05) is 24.6 Å². The Bertz CT molecular complexity index is 711. The predicted octanol–water partition coefficient (Wildman–Crippen LogP) is 0.616. The smallest absolute Gasteiger partial charge is 0.249 e. The maximum Gasteiger partial charge on any atom is 0.249 e. The maximum atomic E-state index is 14.9. The van der Waals surface area contributed by atoms with Crippen molar-refractivity contribution in [2.45, 2.75) is 56.3 Å². The van der Waals surface area contributed by atoms with Gasteiger partial charge in [0.25, 0.3) is 0 Å². The van der Waals surface area contributed by atoms with E-state index in [-0.39, 0.29) is 23.7 Å². The second kappa shape index (κ2) is 9.16. The van der Waals surface area contributed by atoms with Crippen molar-refractivity contribution in [3.63, 3.8) is 0 Å². The van der Waals surface area contributed by atoms with Gasteiger partial charge in [0.15, 0.2) is 0 Å². The molecule has 0 spiro atoms. The molecule has 30 heavy (non-hydrogen) atoms. The Kier molecular flexibility index (Phi) is 6.55. The summed E-state index contributed by atoms with van der Waals surface area (Å²) in [6, 6.07) is -0.494. The van der Waals surface area contributed by atoms with Crippen LogP contribution < -0.4 is 16.0 Å². The molecule has 2 amide bonds. The monoisotopic (exact) mass is 420 g/mol. The fourth-order valence-electron chi connectivity index (χ4n) is 5.17. The van der Waals surface area contributed by atoms with E-state index in [9.17, 15) is 19.1 Å². The van der Waals surface area contributed by atoms with Crippen molar-refractivity contribution in [2.75, 3.05) is 32.7 Å². The third-order valence-corrected chi connectivity index (χ3v) is 7.01. The number of likely N-dealkylation sites (tertiary alicyclic amines) is 1. The van der Waals surface area contributed by atoms with Gasteiger partial charge in [-0.05, 0) is 76.4 Å². The molecular formula is C22H33FN4O3. The SMILES string of the molecule is O=C1CCC(NC2=CC(F)C(C3CCN(CC4(O)CCNCC4)CC3)C=C2)C(=O)N1. The molecule has 4 N–H and O–H groups in total. The fourth-order valence-corrected chi connectivity index (χ4v) is 5.17. The van der Waals surface area contributed by atoms with E-state index in [2.05, 4.69) is 20.9 Å². The number of nitrogens with zero attached hydrogens (tertiary/aromatic N) is 1. The van der Waals surface area contributed by atoms with E-state index in [1.54, 1.807) is 6.08 Å². The lowest BCUT2D eigenvalue weighted by Crippen LogP contribution is -2.51. The molecular weight excluding hydrogens is 387 g/mol. The Morgan fingerprint density at radius 3 is 2.60 bits per heavy atom. The van der Waals surface area contributed by atoms with Crippen LogP contribution >= 0.6 is 0 Å². The van der Waals surface area contributed by atoms with Gasteiger partial charge in [-0.3, -0.25) is 14.9 Å². The molecule has 0 saturated carbocycles. The zero-order chi connectivity index (χ0) is 21.1. The number of rotatable bonds is 5. The maximum absolute atomic E-state index is 14.9. The lowest BCUT2D eigenvalue weighted by atomic mass is 9.79. The van der Waals surface area contributed by atoms with Gasteiger partial charge in [0.2, 0.25) is 11.8 Å². The molecule has 4 aliphatic rings. The van der Waals surface area contributed by atoms with Crippen LogP contribution in [0.2, 0.25) is 0 Å². The van der Waals surface area contributed by atoms with Crippen LogP contribution in [0.25, 0.3) is 0 Å². The van der Waals surface area contributed by atoms with Gasteiger partial charge in [-0.2, -0.15) is 0 Å². The van der Waals surface area contributed by atoms with Gasteiger partial charge in [0.1, 0.15) is 12.2 Å². The number of allylic oxidation sites excluding steroid dienone is 3. The average molecular weight is 421 g/mol. The molecule has 3 heterocycles.